The number of nitrogens with zero attached hydrogens (tertiary/aromatic N) is 1. The van der Waals surface area contributed by atoms with Gasteiger partial charge in [0.2, 0.25) is 5.91 Å². The molecule has 2 aliphatic carbocycles. The molecule has 0 radical (unpaired) electrons. The van der Waals surface area contributed by atoms with Crippen LogP contribution >= 0.6 is 0 Å². The van der Waals surface area contributed by atoms with Gasteiger partial charge in [-0.2, -0.15) is 5.26 Å². The van der Waals surface area contributed by atoms with Crippen molar-refractivity contribution in [2.24, 2.45) is 17.3 Å². The van der Waals surface area contributed by atoms with Gasteiger partial charge in [-0.1, -0.05) is 84.9 Å². The zero-order valence-electron chi connectivity index (χ0n) is 17.0. The van der Waals surface area contributed by atoms with Crippen molar-refractivity contribution in [3.05, 3.63) is 96.1 Å². The SMILES string of the molecule is CC(NC(=O)C1(C#N)C2C=CC(C2)C1c1ccccc1)c1cccc2ccccc12. The van der Waals surface area contributed by atoms with Crippen LogP contribution < -0.4 is 5.32 Å². The number of carbonyl (C=O) groups excluding carboxylic acids is 1. The molecule has 2 aliphatic rings. The molecular weight excluding hydrogens is 368 g/mol. The summed E-state index contributed by atoms with van der Waals surface area (Å²) < 4.78 is 0. The third-order valence-electron chi connectivity index (χ3n) is 6.98. The van der Waals surface area contributed by atoms with Gasteiger partial charge in [-0.15, -0.1) is 0 Å². The second-order valence-electron chi connectivity index (χ2n) is 8.52. The fourth-order valence-electron chi connectivity index (χ4n) is 5.59. The first kappa shape index (κ1) is 18.6. The molecule has 5 rings (SSSR count). The Bertz CT molecular complexity index is 1170. The van der Waals surface area contributed by atoms with Gasteiger partial charge in [0.25, 0.3) is 0 Å². The Kier molecular flexibility index (Phi) is 4.44. The minimum Gasteiger partial charge on any atom is -0.348 e. The molecule has 1 fully saturated rings. The third kappa shape index (κ3) is 2.68. The smallest absolute Gasteiger partial charge is 0.242 e. The van der Waals surface area contributed by atoms with Gasteiger partial charge < -0.3 is 5.32 Å². The lowest BCUT2D eigenvalue weighted by Crippen LogP contribution is -2.47. The van der Waals surface area contributed by atoms with Crippen LogP contribution in [0.2, 0.25) is 0 Å². The Hall–Kier alpha value is -3.38. The van der Waals surface area contributed by atoms with E-state index in [-0.39, 0.29) is 29.7 Å². The molecule has 0 saturated heterocycles. The summed E-state index contributed by atoms with van der Waals surface area (Å²) in [5.74, 6) is -0.0809. The molecule has 0 aromatic heterocycles. The van der Waals surface area contributed by atoms with Crippen molar-refractivity contribution in [3.8, 4) is 6.07 Å². The predicted octanol–water partition coefficient (Wildman–Crippen LogP) is 5.52. The number of carbonyl (C=O) groups is 1. The zero-order chi connectivity index (χ0) is 20.7. The highest BCUT2D eigenvalue weighted by molar-refractivity contribution is 5.90. The monoisotopic (exact) mass is 392 g/mol. The second kappa shape index (κ2) is 7.15. The summed E-state index contributed by atoms with van der Waals surface area (Å²) in [6.45, 7) is 2.01. The molecule has 2 bridgehead atoms. The molecule has 0 aliphatic heterocycles. The molecule has 30 heavy (non-hydrogen) atoms. The van der Waals surface area contributed by atoms with Crippen LogP contribution in [0.1, 0.15) is 36.4 Å². The number of hydrogen-bond acceptors (Lipinski definition) is 2. The summed E-state index contributed by atoms with van der Waals surface area (Å²) in [7, 11) is 0. The summed E-state index contributed by atoms with van der Waals surface area (Å²) in [5, 5.41) is 15.8. The van der Waals surface area contributed by atoms with Crippen LogP contribution in [0.25, 0.3) is 10.8 Å². The highest BCUT2D eigenvalue weighted by atomic mass is 16.2. The Morgan fingerprint density at radius 2 is 1.77 bits per heavy atom. The lowest BCUT2D eigenvalue weighted by Gasteiger charge is -2.36. The van der Waals surface area contributed by atoms with Gasteiger partial charge in [0.15, 0.2) is 0 Å². The molecule has 3 aromatic carbocycles. The van der Waals surface area contributed by atoms with E-state index in [9.17, 15) is 10.1 Å². The summed E-state index contributed by atoms with van der Waals surface area (Å²) in [4.78, 5) is 13.7. The number of fused-ring (bicyclic) bond motifs is 3. The summed E-state index contributed by atoms with van der Waals surface area (Å²) in [6.07, 6.45) is 5.14. The quantitative estimate of drug-likeness (QED) is 0.595. The maximum atomic E-state index is 13.7. The number of amides is 1. The molecular formula is C27H24N2O. The van der Waals surface area contributed by atoms with Gasteiger partial charge in [0.1, 0.15) is 5.41 Å². The molecule has 1 N–H and O–H groups in total. The van der Waals surface area contributed by atoms with Gasteiger partial charge in [0, 0.05) is 11.8 Å². The van der Waals surface area contributed by atoms with E-state index in [0.29, 0.717) is 0 Å². The molecule has 148 valence electrons. The first-order chi connectivity index (χ1) is 14.6. The highest BCUT2D eigenvalue weighted by Gasteiger charge is 2.61. The zero-order valence-corrected chi connectivity index (χ0v) is 17.0. The van der Waals surface area contributed by atoms with Gasteiger partial charge in [0.05, 0.1) is 12.1 Å². The lowest BCUT2D eigenvalue weighted by molar-refractivity contribution is -0.130. The van der Waals surface area contributed by atoms with E-state index in [1.165, 1.54) is 0 Å². The van der Waals surface area contributed by atoms with Crippen molar-refractivity contribution >= 4 is 16.7 Å². The minimum atomic E-state index is -1.07. The van der Waals surface area contributed by atoms with Crippen LogP contribution in [0, 0.1) is 28.6 Å². The van der Waals surface area contributed by atoms with E-state index in [1.807, 2.05) is 55.5 Å². The second-order valence-corrected chi connectivity index (χ2v) is 8.52. The fraction of sp³-hybridized carbons (Fsp3) is 0.259. The van der Waals surface area contributed by atoms with Crippen LogP contribution in [-0.4, -0.2) is 5.91 Å². The van der Waals surface area contributed by atoms with E-state index in [0.717, 1.165) is 28.3 Å². The number of allylic oxidation sites excluding steroid dienone is 2. The Morgan fingerprint density at radius 3 is 2.57 bits per heavy atom. The maximum absolute atomic E-state index is 13.7. The summed E-state index contributed by atoms with van der Waals surface area (Å²) >= 11 is 0. The van der Waals surface area contributed by atoms with Crippen LogP contribution in [0.5, 0.6) is 0 Å². The number of nitrogens with one attached hydrogen (secondary N) is 1. The molecule has 0 spiro atoms. The molecule has 3 heteroatoms. The predicted molar refractivity (Wildman–Crippen MR) is 118 cm³/mol. The van der Waals surface area contributed by atoms with Crippen LogP contribution in [0.4, 0.5) is 0 Å². The first-order valence-corrected chi connectivity index (χ1v) is 10.6. The molecule has 0 heterocycles. The lowest BCUT2D eigenvalue weighted by atomic mass is 9.66. The number of nitriles is 1. The Balaban J connectivity index is 1.51. The van der Waals surface area contributed by atoms with Crippen molar-refractivity contribution in [1.82, 2.24) is 5.32 Å². The average molecular weight is 393 g/mol. The van der Waals surface area contributed by atoms with Gasteiger partial charge in [-0.25, -0.2) is 0 Å². The number of benzene rings is 3. The van der Waals surface area contributed by atoms with E-state index < -0.39 is 5.41 Å². The van der Waals surface area contributed by atoms with Gasteiger partial charge in [-0.3, -0.25) is 4.79 Å². The van der Waals surface area contributed by atoms with E-state index in [2.05, 4.69) is 47.8 Å². The topological polar surface area (TPSA) is 52.9 Å². The fourth-order valence-corrected chi connectivity index (χ4v) is 5.59. The largest absolute Gasteiger partial charge is 0.348 e. The Labute approximate surface area is 177 Å². The average Bonchev–Trinajstić information content (AvgIpc) is 3.39. The molecule has 5 atom stereocenters. The third-order valence-corrected chi connectivity index (χ3v) is 6.98. The van der Waals surface area contributed by atoms with Crippen molar-refractivity contribution in [2.75, 3.05) is 0 Å². The number of hydrogen-bond donors (Lipinski definition) is 1. The minimum absolute atomic E-state index is 0.0441. The molecule has 1 saturated carbocycles. The maximum Gasteiger partial charge on any atom is 0.242 e. The van der Waals surface area contributed by atoms with Crippen LogP contribution in [0.15, 0.2) is 84.9 Å². The normalized spacial score (nSPS) is 27.7. The summed E-state index contributed by atoms with van der Waals surface area (Å²) in [6, 6.07) is 26.7. The Morgan fingerprint density at radius 1 is 1.03 bits per heavy atom. The standard InChI is InChI=1S/C27H24N2O/c1-18(23-13-7-11-19-8-5-6-12-24(19)23)29-26(30)27(17-28)22-15-14-21(16-22)25(27)20-9-3-2-4-10-20/h2-15,18,21-22,25H,16H2,1H3,(H,29,30). The van der Waals surface area contributed by atoms with Crippen molar-refractivity contribution in [2.45, 2.75) is 25.3 Å². The van der Waals surface area contributed by atoms with Crippen LogP contribution in [-0.2, 0) is 4.79 Å². The van der Waals surface area contributed by atoms with Crippen molar-refractivity contribution in [1.29, 1.82) is 5.26 Å². The van der Waals surface area contributed by atoms with Gasteiger partial charge >= 0.3 is 0 Å². The van der Waals surface area contributed by atoms with Gasteiger partial charge in [-0.05, 0) is 41.2 Å². The molecule has 3 nitrogen and oxygen atoms in total. The molecule has 5 unspecified atom stereocenters. The first-order valence-electron chi connectivity index (χ1n) is 10.6. The van der Waals surface area contributed by atoms with Crippen molar-refractivity contribution in [3.63, 3.8) is 0 Å². The van der Waals surface area contributed by atoms with E-state index in [4.69, 9.17) is 0 Å². The van der Waals surface area contributed by atoms with Crippen LogP contribution in [0.3, 0.4) is 0 Å². The molecule has 1 amide bonds. The van der Waals surface area contributed by atoms with E-state index >= 15 is 0 Å². The highest BCUT2D eigenvalue weighted by Crippen LogP contribution is 2.60. The van der Waals surface area contributed by atoms with Crippen molar-refractivity contribution < 1.29 is 4.79 Å². The molecule has 3 aromatic rings. The summed E-state index contributed by atoms with van der Waals surface area (Å²) in [5.41, 5.74) is 1.08. The number of rotatable bonds is 4. The van der Waals surface area contributed by atoms with E-state index in [1.54, 1.807) is 0 Å².